The number of carbonyl (C=O) groups excluding carboxylic acids is 1. The van der Waals surface area contributed by atoms with Crippen LogP contribution in [0.2, 0.25) is 0 Å². The highest BCUT2D eigenvalue weighted by Crippen LogP contribution is 2.25. The Labute approximate surface area is 145 Å². The second-order valence-corrected chi connectivity index (χ2v) is 6.30. The van der Waals surface area contributed by atoms with E-state index in [1.165, 1.54) is 23.7 Å². The van der Waals surface area contributed by atoms with Crippen molar-refractivity contribution < 1.29 is 4.79 Å². The van der Waals surface area contributed by atoms with Gasteiger partial charge >= 0.3 is 0 Å². The van der Waals surface area contributed by atoms with Crippen LogP contribution in [0.1, 0.15) is 16.1 Å². The zero-order chi connectivity index (χ0) is 16.1. The number of carbonyl (C=O) groups is 1. The molecule has 0 atom stereocenters. The maximum Gasteiger partial charge on any atom is 0.272 e. The molecule has 0 spiro atoms. The van der Waals surface area contributed by atoms with Crippen LogP contribution in [0, 0.1) is 0 Å². The molecule has 2 aromatic heterocycles. The second-order valence-electron chi connectivity index (χ2n) is 4.53. The summed E-state index contributed by atoms with van der Waals surface area (Å²) in [6.07, 6.45) is 4.62. The van der Waals surface area contributed by atoms with Gasteiger partial charge in [-0.3, -0.25) is 9.78 Å². The highest BCUT2D eigenvalue weighted by molar-refractivity contribution is 9.10. The SMILES string of the molecule is O=C(N/N=C\c1csc(-c2cccc(Br)c2)n1)c1cccnc1. The molecular formula is C16H11BrN4OS. The molecule has 7 heteroatoms. The number of hydrazone groups is 1. The van der Waals surface area contributed by atoms with Crippen LogP contribution < -0.4 is 5.43 Å². The van der Waals surface area contributed by atoms with Crippen molar-refractivity contribution in [2.45, 2.75) is 0 Å². The number of hydrogen-bond donors (Lipinski definition) is 1. The van der Waals surface area contributed by atoms with Gasteiger partial charge in [-0.25, -0.2) is 10.4 Å². The molecule has 1 amide bonds. The van der Waals surface area contributed by atoms with Crippen molar-refractivity contribution in [3.8, 4) is 10.6 Å². The van der Waals surface area contributed by atoms with Gasteiger partial charge in [0.15, 0.2) is 0 Å². The average Bonchev–Trinajstić information content (AvgIpc) is 3.04. The molecule has 0 aliphatic heterocycles. The minimum atomic E-state index is -0.309. The molecule has 0 unspecified atom stereocenters. The maximum atomic E-state index is 11.8. The standard InChI is InChI=1S/C16H11BrN4OS/c17-13-5-1-3-11(7-13)16-20-14(10-23-16)9-19-21-15(22)12-4-2-6-18-8-12/h1-10H,(H,21,22)/b19-9-. The number of thiazole rings is 1. The Morgan fingerprint density at radius 3 is 3.00 bits per heavy atom. The van der Waals surface area contributed by atoms with E-state index in [4.69, 9.17) is 0 Å². The van der Waals surface area contributed by atoms with Crippen molar-refractivity contribution in [3.05, 3.63) is 69.9 Å². The Hall–Kier alpha value is -2.38. The third-order valence-corrected chi connectivity index (χ3v) is 4.28. The molecule has 0 aliphatic carbocycles. The second kappa shape index (κ2) is 7.26. The highest BCUT2D eigenvalue weighted by atomic mass is 79.9. The first-order chi connectivity index (χ1) is 11.2. The van der Waals surface area contributed by atoms with Gasteiger partial charge < -0.3 is 0 Å². The van der Waals surface area contributed by atoms with Gasteiger partial charge in [0.1, 0.15) is 5.01 Å². The van der Waals surface area contributed by atoms with E-state index in [-0.39, 0.29) is 5.91 Å². The summed E-state index contributed by atoms with van der Waals surface area (Å²) in [5, 5.41) is 6.70. The van der Waals surface area contributed by atoms with Crippen LogP contribution in [-0.2, 0) is 0 Å². The summed E-state index contributed by atoms with van der Waals surface area (Å²) in [5.41, 5.74) is 4.63. The van der Waals surface area contributed by atoms with Crippen LogP contribution in [0.4, 0.5) is 0 Å². The van der Waals surface area contributed by atoms with Crippen molar-refractivity contribution in [1.29, 1.82) is 0 Å². The Balaban J connectivity index is 1.66. The predicted octanol–water partition coefficient (Wildman–Crippen LogP) is 3.73. The zero-order valence-corrected chi connectivity index (χ0v) is 14.2. The number of aromatic nitrogens is 2. The number of pyridine rings is 1. The van der Waals surface area contributed by atoms with Crippen LogP contribution in [0.5, 0.6) is 0 Å². The number of nitrogens with one attached hydrogen (secondary N) is 1. The molecule has 114 valence electrons. The largest absolute Gasteiger partial charge is 0.272 e. The average molecular weight is 387 g/mol. The van der Waals surface area contributed by atoms with Crippen LogP contribution in [0.15, 0.2) is 63.7 Å². The Kier molecular flexibility index (Phi) is 4.89. The third kappa shape index (κ3) is 4.08. The highest BCUT2D eigenvalue weighted by Gasteiger charge is 2.05. The molecule has 0 saturated carbocycles. The van der Waals surface area contributed by atoms with E-state index >= 15 is 0 Å². The molecule has 23 heavy (non-hydrogen) atoms. The lowest BCUT2D eigenvalue weighted by molar-refractivity contribution is 0.0955. The molecule has 2 heterocycles. The predicted molar refractivity (Wildman–Crippen MR) is 94.5 cm³/mol. The van der Waals surface area contributed by atoms with Gasteiger partial charge in [-0.2, -0.15) is 5.10 Å². The lowest BCUT2D eigenvalue weighted by Crippen LogP contribution is -2.17. The summed E-state index contributed by atoms with van der Waals surface area (Å²) < 4.78 is 1.00. The van der Waals surface area contributed by atoms with Gasteiger partial charge in [0.25, 0.3) is 5.91 Å². The fourth-order valence-corrected chi connectivity index (χ4v) is 2.98. The molecular weight excluding hydrogens is 376 g/mol. The minimum Gasteiger partial charge on any atom is -0.267 e. The van der Waals surface area contributed by atoms with Crippen LogP contribution in [0.25, 0.3) is 10.6 Å². The van der Waals surface area contributed by atoms with E-state index in [1.54, 1.807) is 18.3 Å². The smallest absolute Gasteiger partial charge is 0.267 e. The Morgan fingerprint density at radius 2 is 2.22 bits per heavy atom. The fraction of sp³-hybridized carbons (Fsp3) is 0. The van der Waals surface area contributed by atoms with Crippen molar-refractivity contribution >= 4 is 39.4 Å². The van der Waals surface area contributed by atoms with E-state index in [0.717, 1.165) is 15.0 Å². The molecule has 0 aliphatic rings. The Bertz CT molecular complexity index is 848. The number of hydrogen-bond acceptors (Lipinski definition) is 5. The first kappa shape index (κ1) is 15.5. The molecule has 5 nitrogen and oxygen atoms in total. The van der Waals surface area contributed by atoms with E-state index in [9.17, 15) is 4.79 Å². The maximum absolute atomic E-state index is 11.8. The van der Waals surface area contributed by atoms with Gasteiger partial charge in [0.05, 0.1) is 17.5 Å². The Morgan fingerprint density at radius 1 is 1.30 bits per heavy atom. The summed E-state index contributed by atoms with van der Waals surface area (Å²) in [5.74, 6) is -0.309. The summed E-state index contributed by atoms with van der Waals surface area (Å²) in [6, 6.07) is 11.3. The van der Waals surface area contributed by atoms with Gasteiger partial charge in [-0.1, -0.05) is 28.1 Å². The zero-order valence-electron chi connectivity index (χ0n) is 11.8. The molecule has 0 fully saturated rings. The molecule has 0 radical (unpaired) electrons. The fourth-order valence-electron chi connectivity index (χ4n) is 1.82. The van der Waals surface area contributed by atoms with Gasteiger partial charge in [0.2, 0.25) is 0 Å². The van der Waals surface area contributed by atoms with E-state index in [2.05, 4.69) is 36.4 Å². The molecule has 0 bridgehead atoms. The lowest BCUT2D eigenvalue weighted by Gasteiger charge is -1.97. The van der Waals surface area contributed by atoms with Gasteiger partial charge in [-0.05, 0) is 24.3 Å². The number of halogens is 1. The van der Waals surface area contributed by atoms with Gasteiger partial charge in [0, 0.05) is 27.8 Å². The minimum absolute atomic E-state index is 0.309. The van der Waals surface area contributed by atoms with E-state index in [0.29, 0.717) is 11.3 Å². The van der Waals surface area contributed by atoms with E-state index in [1.807, 2.05) is 29.6 Å². The number of rotatable bonds is 4. The molecule has 0 saturated heterocycles. The monoisotopic (exact) mass is 386 g/mol. The van der Waals surface area contributed by atoms with Crippen molar-refractivity contribution in [2.24, 2.45) is 5.10 Å². The first-order valence-corrected chi connectivity index (χ1v) is 8.34. The summed E-state index contributed by atoms with van der Waals surface area (Å²) in [7, 11) is 0. The molecule has 1 N–H and O–H groups in total. The molecule has 3 rings (SSSR count). The number of benzene rings is 1. The van der Waals surface area contributed by atoms with Crippen LogP contribution in [-0.4, -0.2) is 22.1 Å². The summed E-state index contributed by atoms with van der Waals surface area (Å²) in [4.78, 5) is 20.2. The number of amides is 1. The van der Waals surface area contributed by atoms with Crippen molar-refractivity contribution in [3.63, 3.8) is 0 Å². The summed E-state index contributed by atoms with van der Waals surface area (Å²) >= 11 is 4.96. The molecule has 3 aromatic rings. The van der Waals surface area contributed by atoms with E-state index < -0.39 is 0 Å². The third-order valence-electron chi connectivity index (χ3n) is 2.88. The lowest BCUT2D eigenvalue weighted by atomic mass is 10.2. The van der Waals surface area contributed by atoms with Crippen molar-refractivity contribution in [1.82, 2.24) is 15.4 Å². The topological polar surface area (TPSA) is 67.2 Å². The molecule has 1 aromatic carbocycles. The van der Waals surface area contributed by atoms with Gasteiger partial charge in [-0.15, -0.1) is 11.3 Å². The van der Waals surface area contributed by atoms with Crippen LogP contribution >= 0.6 is 27.3 Å². The summed E-state index contributed by atoms with van der Waals surface area (Å²) in [6.45, 7) is 0. The first-order valence-electron chi connectivity index (χ1n) is 6.67. The van der Waals surface area contributed by atoms with Crippen LogP contribution in [0.3, 0.4) is 0 Å². The number of nitrogens with zero attached hydrogens (tertiary/aromatic N) is 3. The quantitative estimate of drug-likeness (QED) is 0.548. The van der Waals surface area contributed by atoms with Crippen molar-refractivity contribution in [2.75, 3.05) is 0 Å². The normalized spacial score (nSPS) is 10.8.